The van der Waals surface area contributed by atoms with Crippen molar-refractivity contribution < 1.29 is 19.4 Å². The lowest BCUT2D eigenvalue weighted by molar-refractivity contribution is -0.125. The largest absolute Gasteiger partial charge is 0.471 e. The van der Waals surface area contributed by atoms with E-state index in [0.717, 1.165) is 12.8 Å². The van der Waals surface area contributed by atoms with Crippen molar-refractivity contribution in [1.29, 1.82) is 5.26 Å². The second-order valence-corrected chi connectivity index (χ2v) is 9.77. The highest BCUT2D eigenvalue weighted by Gasteiger charge is 2.34. The molecule has 2 amide bonds. The Morgan fingerprint density at radius 2 is 2.09 bits per heavy atom. The number of nitrogens with two attached hydrogens (primary N) is 1. The maximum absolute atomic E-state index is 13.2. The summed E-state index contributed by atoms with van der Waals surface area (Å²) < 4.78 is 5.63. The molecule has 0 saturated heterocycles. The van der Waals surface area contributed by atoms with E-state index in [0.29, 0.717) is 24.4 Å². The molecule has 33 heavy (non-hydrogen) atoms. The molecule has 0 spiro atoms. The van der Waals surface area contributed by atoms with Crippen LogP contribution in [-0.4, -0.2) is 48.3 Å². The summed E-state index contributed by atoms with van der Waals surface area (Å²) in [5.74, 6) is -0.0382. The first-order chi connectivity index (χ1) is 15.6. The zero-order chi connectivity index (χ0) is 24.6. The Bertz CT molecular complexity index is 851. The Labute approximate surface area is 197 Å². The summed E-state index contributed by atoms with van der Waals surface area (Å²) in [6.45, 7) is 8.52. The quantitative estimate of drug-likeness (QED) is 0.437. The number of nitrogens with one attached hydrogen (secondary N) is 1. The highest BCUT2D eigenvalue weighted by molar-refractivity contribution is 5.95. The minimum atomic E-state index is -0.849. The second kappa shape index (κ2) is 12.0. The van der Waals surface area contributed by atoms with E-state index in [-0.39, 0.29) is 37.1 Å². The standard InChI is InChI=1S/C25H38N4O4/c1-5-6-11-28-24(32)17(2)12-21(30)19(27)13-25(3,4)14-23(31)29-16-18(15-26)33-22-10-8-7-9-20(22)29/h7-10,17-19,21,30H,5-6,11-14,16,27H2,1-4H3,(H,28,32)/t17-,18+,19+,21+/m1/s1. The average molecular weight is 459 g/mol. The normalized spacial score (nSPS) is 18.3. The van der Waals surface area contributed by atoms with Gasteiger partial charge in [0.2, 0.25) is 17.9 Å². The Balaban J connectivity index is 1.95. The van der Waals surface area contributed by atoms with Crippen molar-refractivity contribution in [2.24, 2.45) is 17.1 Å². The Morgan fingerprint density at radius 3 is 2.76 bits per heavy atom. The van der Waals surface area contributed by atoms with E-state index in [1.807, 2.05) is 19.9 Å². The number of carbonyl (C=O) groups is 2. The number of hydrogen-bond acceptors (Lipinski definition) is 6. The highest BCUT2D eigenvalue weighted by atomic mass is 16.5. The van der Waals surface area contributed by atoms with Gasteiger partial charge in [-0.15, -0.1) is 0 Å². The number of hydrogen-bond donors (Lipinski definition) is 3. The molecule has 1 aromatic carbocycles. The third kappa shape index (κ3) is 7.72. The van der Waals surface area contributed by atoms with Crippen molar-refractivity contribution in [2.75, 3.05) is 18.0 Å². The van der Waals surface area contributed by atoms with Crippen LogP contribution in [0.2, 0.25) is 0 Å². The van der Waals surface area contributed by atoms with Gasteiger partial charge in [0.15, 0.2) is 0 Å². The van der Waals surface area contributed by atoms with Crippen LogP contribution in [0.4, 0.5) is 5.69 Å². The molecule has 4 N–H and O–H groups in total. The number of para-hydroxylation sites is 2. The molecule has 0 bridgehead atoms. The van der Waals surface area contributed by atoms with Crippen LogP contribution in [0.15, 0.2) is 24.3 Å². The number of rotatable bonds is 11. The second-order valence-electron chi connectivity index (χ2n) is 9.77. The number of nitriles is 1. The van der Waals surface area contributed by atoms with Crippen molar-refractivity contribution in [3.63, 3.8) is 0 Å². The Kier molecular flexibility index (Phi) is 9.69. The van der Waals surface area contributed by atoms with Crippen LogP contribution in [-0.2, 0) is 9.59 Å². The summed E-state index contributed by atoms with van der Waals surface area (Å²) in [6, 6.07) is 8.69. The first-order valence-corrected chi connectivity index (χ1v) is 11.7. The summed E-state index contributed by atoms with van der Waals surface area (Å²) in [7, 11) is 0. The van der Waals surface area contributed by atoms with Gasteiger partial charge < -0.3 is 25.8 Å². The smallest absolute Gasteiger partial charge is 0.227 e. The maximum Gasteiger partial charge on any atom is 0.227 e. The van der Waals surface area contributed by atoms with Crippen molar-refractivity contribution in [3.05, 3.63) is 24.3 Å². The fourth-order valence-corrected chi connectivity index (χ4v) is 4.10. The molecule has 0 aliphatic carbocycles. The van der Waals surface area contributed by atoms with Gasteiger partial charge in [0.05, 0.1) is 18.3 Å². The van der Waals surface area contributed by atoms with E-state index in [1.54, 1.807) is 30.0 Å². The summed E-state index contributed by atoms with van der Waals surface area (Å²) in [5.41, 5.74) is 6.44. The lowest BCUT2D eigenvalue weighted by atomic mass is 9.80. The molecule has 182 valence electrons. The molecule has 0 unspecified atom stereocenters. The van der Waals surface area contributed by atoms with Crippen LogP contribution in [0.25, 0.3) is 0 Å². The zero-order valence-electron chi connectivity index (χ0n) is 20.2. The predicted octanol–water partition coefficient (Wildman–Crippen LogP) is 2.74. The number of fused-ring (bicyclic) bond motifs is 1. The number of aliphatic hydroxyl groups is 1. The number of aliphatic hydroxyl groups excluding tert-OH is 1. The van der Waals surface area contributed by atoms with E-state index < -0.39 is 23.7 Å². The van der Waals surface area contributed by atoms with Gasteiger partial charge in [-0.2, -0.15) is 5.26 Å². The lowest BCUT2D eigenvalue weighted by Gasteiger charge is -2.35. The maximum atomic E-state index is 13.2. The minimum absolute atomic E-state index is 0.0813. The molecule has 0 fully saturated rings. The molecule has 1 heterocycles. The fraction of sp³-hybridized carbons (Fsp3) is 0.640. The van der Waals surface area contributed by atoms with Gasteiger partial charge in [0.1, 0.15) is 11.8 Å². The number of nitrogens with zero attached hydrogens (tertiary/aromatic N) is 2. The molecule has 1 aromatic rings. The Morgan fingerprint density at radius 1 is 1.39 bits per heavy atom. The van der Waals surface area contributed by atoms with Crippen LogP contribution in [0.1, 0.15) is 59.8 Å². The van der Waals surface area contributed by atoms with Gasteiger partial charge in [0.25, 0.3) is 0 Å². The summed E-state index contributed by atoms with van der Waals surface area (Å²) in [6.07, 6.45) is 1.24. The topological polar surface area (TPSA) is 129 Å². The monoisotopic (exact) mass is 458 g/mol. The molecule has 2 rings (SSSR count). The van der Waals surface area contributed by atoms with Crippen molar-refractivity contribution in [2.45, 2.75) is 78.0 Å². The minimum Gasteiger partial charge on any atom is -0.471 e. The third-order valence-corrected chi connectivity index (χ3v) is 6.00. The first kappa shape index (κ1) is 26.6. The van der Waals surface area contributed by atoms with Crippen molar-refractivity contribution >= 4 is 17.5 Å². The van der Waals surface area contributed by atoms with Gasteiger partial charge in [-0.25, -0.2) is 0 Å². The van der Waals surface area contributed by atoms with Crippen LogP contribution in [0, 0.1) is 22.7 Å². The van der Waals surface area contributed by atoms with Crippen LogP contribution < -0.4 is 20.7 Å². The predicted molar refractivity (Wildman–Crippen MR) is 128 cm³/mol. The van der Waals surface area contributed by atoms with Crippen LogP contribution in [0.5, 0.6) is 5.75 Å². The summed E-state index contributed by atoms with van der Waals surface area (Å²) in [5, 5.41) is 22.8. The molecule has 0 radical (unpaired) electrons. The number of ether oxygens (including phenoxy) is 1. The van der Waals surface area contributed by atoms with E-state index in [9.17, 15) is 20.0 Å². The number of carbonyl (C=O) groups excluding carboxylic acids is 2. The van der Waals surface area contributed by atoms with E-state index in [2.05, 4.69) is 18.3 Å². The van der Waals surface area contributed by atoms with E-state index in [1.165, 1.54) is 0 Å². The molecular formula is C25H38N4O4. The van der Waals surface area contributed by atoms with Gasteiger partial charge in [-0.3, -0.25) is 9.59 Å². The first-order valence-electron chi connectivity index (χ1n) is 11.7. The number of amides is 2. The Hall–Kier alpha value is -2.63. The van der Waals surface area contributed by atoms with E-state index in [4.69, 9.17) is 10.5 Å². The highest BCUT2D eigenvalue weighted by Crippen LogP contribution is 2.36. The fourth-order valence-electron chi connectivity index (χ4n) is 4.10. The SMILES string of the molecule is CCCCNC(=O)[C@H](C)C[C@H](O)[C@@H](N)CC(C)(C)CC(=O)N1C[C@H](C#N)Oc2ccccc21. The average Bonchev–Trinajstić information content (AvgIpc) is 2.77. The van der Waals surface area contributed by atoms with Crippen molar-refractivity contribution in [1.82, 2.24) is 5.32 Å². The molecule has 1 aliphatic rings. The summed E-state index contributed by atoms with van der Waals surface area (Å²) in [4.78, 5) is 27.0. The van der Waals surface area contributed by atoms with E-state index >= 15 is 0 Å². The van der Waals surface area contributed by atoms with Gasteiger partial charge in [-0.05, 0) is 36.8 Å². The zero-order valence-corrected chi connectivity index (χ0v) is 20.2. The number of unbranched alkanes of at least 4 members (excludes halogenated alkanes) is 1. The third-order valence-electron chi connectivity index (χ3n) is 6.00. The summed E-state index contributed by atoms with van der Waals surface area (Å²) >= 11 is 0. The van der Waals surface area contributed by atoms with Crippen LogP contribution >= 0.6 is 0 Å². The molecular weight excluding hydrogens is 420 g/mol. The molecule has 0 aromatic heterocycles. The number of anilines is 1. The molecule has 4 atom stereocenters. The molecule has 1 aliphatic heterocycles. The van der Waals surface area contributed by atoms with Crippen LogP contribution in [0.3, 0.4) is 0 Å². The lowest BCUT2D eigenvalue weighted by Crippen LogP contribution is -2.46. The van der Waals surface area contributed by atoms with Gasteiger partial charge in [-0.1, -0.05) is 46.2 Å². The van der Waals surface area contributed by atoms with Gasteiger partial charge >= 0.3 is 0 Å². The molecule has 8 heteroatoms. The van der Waals surface area contributed by atoms with Gasteiger partial charge in [0, 0.05) is 24.9 Å². The molecule has 0 saturated carbocycles. The van der Waals surface area contributed by atoms with Crippen molar-refractivity contribution in [3.8, 4) is 11.8 Å². The number of benzene rings is 1. The molecule has 8 nitrogen and oxygen atoms in total.